The van der Waals surface area contributed by atoms with Crippen molar-refractivity contribution in [3.8, 4) is 0 Å². The molecule has 34 valence electrons. The van der Waals surface area contributed by atoms with Crippen LogP contribution in [0.25, 0.3) is 0 Å². The van der Waals surface area contributed by atoms with Gasteiger partial charge in [0.15, 0.2) is 0 Å². The molecular formula is H3CoMnNiSb. The van der Waals surface area contributed by atoms with Crippen LogP contribution in [0.1, 0.15) is 0 Å². The van der Waals surface area contributed by atoms with Gasteiger partial charge in [-0.2, -0.15) is 0 Å². The third-order valence-corrected chi connectivity index (χ3v) is 0. The minimum atomic E-state index is 0. The summed E-state index contributed by atoms with van der Waals surface area (Å²) in [5, 5.41) is 0. The number of hydrogen-bond acceptors (Lipinski definition) is 0. The summed E-state index contributed by atoms with van der Waals surface area (Å²) in [6.07, 6.45) is 0. The monoisotopic (exact) mass is 296 g/mol. The normalized spacial score (nSPS) is 0. The molecule has 0 aliphatic rings. The van der Waals surface area contributed by atoms with Crippen LogP contribution >= 0.6 is 0 Å². The molecule has 0 fully saturated rings. The molecule has 0 aliphatic heterocycles. The molecule has 0 aliphatic carbocycles. The molecule has 2 radical (unpaired) electrons. The molecule has 4 heteroatoms. The van der Waals surface area contributed by atoms with Crippen LogP contribution in [0, 0.1) is 0 Å². The van der Waals surface area contributed by atoms with Crippen molar-refractivity contribution in [3.63, 3.8) is 0 Å². The Morgan fingerprint density at radius 1 is 1.00 bits per heavy atom. The second kappa shape index (κ2) is 18.4. The van der Waals surface area contributed by atoms with Gasteiger partial charge in [-0.15, -0.1) is 0 Å². The van der Waals surface area contributed by atoms with E-state index in [-0.39, 0.29) is 74.8 Å². The molecule has 0 N–H and O–H groups in total. The second-order valence-corrected chi connectivity index (χ2v) is 0. The molecule has 0 bridgehead atoms. The minimum absolute atomic E-state index is 0. The first-order valence-electron chi connectivity index (χ1n) is 0. The zero-order valence-electron chi connectivity index (χ0n) is 1.73. The van der Waals surface area contributed by atoms with Crippen LogP contribution < -0.4 is 0 Å². The Morgan fingerprint density at radius 2 is 1.00 bits per heavy atom. The SMILES string of the molecule is [Co].[Mn].[Ni].[SbH3]. The van der Waals surface area contributed by atoms with Gasteiger partial charge >= 0.3 is 24.4 Å². The van der Waals surface area contributed by atoms with Gasteiger partial charge < -0.3 is 0 Å². The van der Waals surface area contributed by atoms with Crippen molar-refractivity contribution in [3.05, 3.63) is 0 Å². The first kappa shape index (κ1) is 33.0. The van der Waals surface area contributed by atoms with Gasteiger partial charge in [-0.05, 0) is 0 Å². The Bertz CT molecular complexity index is 8.00. The van der Waals surface area contributed by atoms with E-state index in [1.807, 2.05) is 0 Å². The Hall–Kier alpha value is 2.34. The molecule has 0 nitrogen and oxygen atoms in total. The van der Waals surface area contributed by atoms with E-state index >= 15 is 0 Å². The van der Waals surface area contributed by atoms with Gasteiger partial charge in [0.05, 0.1) is 0 Å². The molecule has 0 rings (SSSR count). The third kappa shape index (κ3) is 8.84. The molecule has 4 heavy (non-hydrogen) atoms. The molecule has 0 unspecified atom stereocenters. The topological polar surface area (TPSA) is 0 Å². The molecule has 0 atom stereocenters. The molecule has 0 saturated heterocycles. The Balaban J connectivity index is 0. The second-order valence-electron chi connectivity index (χ2n) is 0. The molecule has 0 aromatic rings. The summed E-state index contributed by atoms with van der Waals surface area (Å²) in [5.41, 5.74) is 0. The average Bonchev–Trinajstić information content (AvgIpc) is 0. The standard InChI is InChI=1S/Co.Mn.Ni.Sb.3H. The van der Waals surface area contributed by atoms with Gasteiger partial charge in [0.25, 0.3) is 0 Å². The summed E-state index contributed by atoms with van der Waals surface area (Å²) in [6, 6.07) is 0. The van der Waals surface area contributed by atoms with Crippen molar-refractivity contribution in [2.45, 2.75) is 0 Å². The molecule has 0 heterocycles. The van der Waals surface area contributed by atoms with Crippen molar-refractivity contribution in [2.24, 2.45) is 0 Å². The Labute approximate surface area is 73.9 Å². The van der Waals surface area contributed by atoms with Crippen LogP contribution in [-0.4, -0.2) is 24.4 Å². The fourth-order valence-electron chi connectivity index (χ4n) is 0. The van der Waals surface area contributed by atoms with Gasteiger partial charge in [0, 0.05) is 50.3 Å². The van der Waals surface area contributed by atoms with E-state index < -0.39 is 0 Å². The Kier molecular flexibility index (Phi) is 152. The van der Waals surface area contributed by atoms with Crippen LogP contribution in [0.4, 0.5) is 0 Å². The van der Waals surface area contributed by atoms with E-state index in [0.29, 0.717) is 0 Å². The van der Waals surface area contributed by atoms with Crippen LogP contribution in [-0.2, 0) is 50.3 Å². The van der Waals surface area contributed by atoms with E-state index in [1.54, 1.807) is 0 Å². The fraction of sp³-hybridized carbons (Fsp3) is 0. The third-order valence-electron chi connectivity index (χ3n) is 0. The summed E-state index contributed by atoms with van der Waals surface area (Å²) in [5.74, 6) is 0. The van der Waals surface area contributed by atoms with Crippen LogP contribution in [0.3, 0.4) is 0 Å². The summed E-state index contributed by atoms with van der Waals surface area (Å²) in [7, 11) is 0. The number of rotatable bonds is 0. The van der Waals surface area contributed by atoms with Gasteiger partial charge in [0.2, 0.25) is 0 Å². The quantitative estimate of drug-likeness (QED) is 0.493. The van der Waals surface area contributed by atoms with Crippen molar-refractivity contribution in [2.75, 3.05) is 0 Å². The molecule has 0 spiro atoms. The van der Waals surface area contributed by atoms with Gasteiger partial charge in [-0.25, -0.2) is 0 Å². The number of hydrogen-bond donors (Lipinski definition) is 0. The molecule has 0 saturated carbocycles. The molecule has 0 amide bonds. The van der Waals surface area contributed by atoms with E-state index in [4.69, 9.17) is 0 Å². The van der Waals surface area contributed by atoms with Crippen molar-refractivity contribution >= 4 is 24.4 Å². The molecule has 0 aromatic heterocycles. The van der Waals surface area contributed by atoms with Crippen LogP contribution in [0.15, 0.2) is 0 Å². The van der Waals surface area contributed by atoms with Gasteiger partial charge in [0.1, 0.15) is 0 Å². The first-order chi connectivity index (χ1) is 0. The van der Waals surface area contributed by atoms with Crippen molar-refractivity contribution in [1.82, 2.24) is 0 Å². The summed E-state index contributed by atoms with van der Waals surface area (Å²) < 4.78 is 0. The van der Waals surface area contributed by atoms with Crippen LogP contribution in [0.5, 0.6) is 0 Å². The van der Waals surface area contributed by atoms with Crippen LogP contribution in [0.2, 0.25) is 0 Å². The average molecular weight is 297 g/mol. The van der Waals surface area contributed by atoms with Crippen molar-refractivity contribution < 1.29 is 50.3 Å². The van der Waals surface area contributed by atoms with Gasteiger partial charge in [-0.3, -0.25) is 0 Å². The first-order valence-corrected chi connectivity index (χ1v) is 0. The van der Waals surface area contributed by atoms with Gasteiger partial charge in [-0.1, -0.05) is 0 Å². The maximum absolute atomic E-state index is 0. The van der Waals surface area contributed by atoms with E-state index in [1.165, 1.54) is 0 Å². The zero-order chi connectivity index (χ0) is 0. The fourth-order valence-corrected chi connectivity index (χ4v) is 0. The Morgan fingerprint density at radius 3 is 1.00 bits per heavy atom. The predicted octanol–water partition coefficient (Wildman–Crippen LogP) is -1.19. The summed E-state index contributed by atoms with van der Waals surface area (Å²) in [4.78, 5) is 0. The summed E-state index contributed by atoms with van der Waals surface area (Å²) in [6.45, 7) is 0. The molecule has 0 aromatic carbocycles. The van der Waals surface area contributed by atoms with E-state index in [0.717, 1.165) is 0 Å². The zero-order valence-corrected chi connectivity index (χ0v) is 8.98. The molecular weight excluding hydrogens is 294 g/mol. The predicted molar refractivity (Wildman–Crippen MR) is 9.94 cm³/mol. The van der Waals surface area contributed by atoms with E-state index in [9.17, 15) is 0 Å². The van der Waals surface area contributed by atoms with E-state index in [2.05, 4.69) is 0 Å². The summed E-state index contributed by atoms with van der Waals surface area (Å²) >= 11 is 0. The van der Waals surface area contributed by atoms with Crippen molar-refractivity contribution in [1.29, 1.82) is 0 Å². The maximum atomic E-state index is 0.